The van der Waals surface area contributed by atoms with E-state index in [0.717, 1.165) is 65.3 Å². The molecule has 0 aliphatic rings. The van der Waals surface area contributed by atoms with Gasteiger partial charge < -0.3 is 0 Å². The third-order valence-electron chi connectivity index (χ3n) is 7.61. The molecule has 0 aliphatic heterocycles. The Labute approximate surface area is 230 Å². The monoisotopic (exact) mass is 535 g/mol. The first-order valence-corrected chi connectivity index (χ1v) is 15.8. The van der Waals surface area contributed by atoms with Gasteiger partial charge in [-0.1, -0.05) is 121 Å². The zero-order valence-corrected chi connectivity index (χ0v) is 22.6. The second-order valence-electron chi connectivity index (χ2n) is 9.79. The van der Waals surface area contributed by atoms with Crippen LogP contribution in [-0.4, -0.2) is 14.4 Å². The van der Waals surface area contributed by atoms with E-state index >= 15 is 0 Å². The molecule has 3 aromatic heterocycles. The predicted octanol–water partition coefficient (Wildman–Crippen LogP) is 7.10. The molecule has 0 fully saturated rings. The summed E-state index contributed by atoms with van der Waals surface area (Å²) in [7, 11) is 0. The smallest absolute Gasteiger partial charge is 0.148 e. The quantitative estimate of drug-likeness (QED) is 0.137. The molecule has 0 saturated carbocycles. The van der Waals surface area contributed by atoms with E-state index in [1.165, 1.54) is 0 Å². The number of para-hydroxylation sites is 3. The van der Waals surface area contributed by atoms with Crippen LogP contribution in [-0.2, 0) is 11.8 Å². The van der Waals surface area contributed by atoms with Gasteiger partial charge in [-0.3, -0.25) is 4.40 Å². The molecule has 0 saturated heterocycles. The van der Waals surface area contributed by atoms with Crippen LogP contribution in [0.25, 0.3) is 49.4 Å². The van der Waals surface area contributed by atoms with Crippen molar-refractivity contribution in [2.75, 3.05) is 0 Å². The summed E-state index contributed by atoms with van der Waals surface area (Å²) < 4.78 is 2.29. The second-order valence-corrected chi connectivity index (χ2v) is 14.2. The lowest BCUT2D eigenvalue weighted by Gasteiger charge is -2.24. The number of benzene rings is 5. The van der Waals surface area contributed by atoms with Crippen LogP contribution in [0.1, 0.15) is 0 Å². The zero-order chi connectivity index (χ0) is 26.0. The minimum Gasteiger partial charge on any atom is -0.292 e. The van der Waals surface area contributed by atoms with Crippen LogP contribution >= 0.6 is 6.04 Å². The van der Waals surface area contributed by atoms with E-state index < -0.39 is 6.04 Å². The average Bonchev–Trinajstić information content (AvgIpc) is 3.41. The van der Waals surface area contributed by atoms with Gasteiger partial charge in [0.25, 0.3) is 0 Å². The Morgan fingerprint density at radius 3 is 1.95 bits per heavy atom. The maximum absolute atomic E-state index is 6.74. The van der Waals surface area contributed by atoms with Crippen LogP contribution < -0.4 is 15.9 Å². The summed E-state index contributed by atoms with van der Waals surface area (Å²) in [5, 5.41) is 6.70. The van der Waals surface area contributed by atoms with Crippen molar-refractivity contribution < 1.29 is 0 Å². The van der Waals surface area contributed by atoms with Crippen molar-refractivity contribution in [3.05, 3.63) is 133 Å². The molecular formula is C34H22N3PS. The van der Waals surface area contributed by atoms with E-state index in [4.69, 9.17) is 21.8 Å². The highest BCUT2D eigenvalue weighted by Crippen LogP contribution is 2.45. The van der Waals surface area contributed by atoms with Crippen molar-refractivity contribution in [1.82, 2.24) is 14.4 Å². The minimum atomic E-state index is -2.40. The highest BCUT2D eigenvalue weighted by atomic mass is 32.4. The number of imidazole rings is 1. The molecule has 3 nitrogen and oxygen atoms in total. The van der Waals surface area contributed by atoms with Crippen LogP contribution in [0.15, 0.2) is 133 Å². The van der Waals surface area contributed by atoms with Crippen LogP contribution in [0.2, 0.25) is 0 Å². The van der Waals surface area contributed by atoms with Crippen LogP contribution in [0.4, 0.5) is 0 Å². The van der Waals surface area contributed by atoms with E-state index in [2.05, 4.69) is 132 Å². The largest absolute Gasteiger partial charge is 0.292 e. The summed E-state index contributed by atoms with van der Waals surface area (Å²) >= 11 is 6.74. The minimum absolute atomic E-state index is 0.909. The van der Waals surface area contributed by atoms with Gasteiger partial charge in [-0.15, -0.1) is 0 Å². The molecule has 39 heavy (non-hydrogen) atoms. The van der Waals surface area contributed by atoms with Gasteiger partial charge in [0.1, 0.15) is 5.65 Å². The molecule has 8 aromatic rings. The average molecular weight is 536 g/mol. The third-order valence-corrected chi connectivity index (χ3v) is 12.6. The highest BCUT2D eigenvalue weighted by molar-refractivity contribution is 8.25. The lowest BCUT2D eigenvalue weighted by molar-refractivity contribution is 1.31. The molecule has 184 valence electrons. The van der Waals surface area contributed by atoms with Crippen molar-refractivity contribution >= 4 is 83.1 Å². The van der Waals surface area contributed by atoms with E-state index in [9.17, 15) is 0 Å². The van der Waals surface area contributed by atoms with E-state index in [1.807, 2.05) is 6.07 Å². The first-order chi connectivity index (χ1) is 19.2. The molecular weight excluding hydrogens is 513 g/mol. The van der Waals surface area contributed by atoms with E-state index in [-0.39, 0.29) is 0 Å². The van der Waals surface area contributed by atoms with Crippen molar-refractivity contribution in [3.63, 3.8) is 0 Å². The molecule has 0 bridgehead atoms. The van der Waals surface area contributed by atoms with Crippen molar-refractivity contribution in [3.8, 4) is 0 Å². The van der Waals surface area contributed by atoms with Crippen molar-refractivity contribution in [1.29, 1.82) is 0 Å². The molecule has 5 heteroatoms. The zero-order valence-electron chi connectivity index (χ0n) is 20.9. The van der Waals surface area contributed by atoms with Gasteiger partial charge >= 0.3 is 0 Å². The maximum Gasteiger partial charge on any atom is 0.148 e. The molecule has 0 radical (unpaired) electrons. The second kappa shape index (κ2) is 8.57. The highest BCUT2D eigenvalue weighted by Gasteiger charge is 2.28. The molecule has 0 spiro atoms. The number of fused-ring (bicyclic) bond motifs is 9. The Hall–Kier alpha value is -4.37. The Bertz CT molecular complexity index is 2210. The van der Waals surface area contributed by atoms with Crippen molar-refractivity contribution in [2.45, 2.75) is 0 Å². The van der Waals surface area contributed by atoms with Gasteiger partial charge in [-0.2, -0.15) is 0 Å². The SMILES string of the molecule is S=P(c1ccccc1)(c1ccccc1)c1cccc2c1nc1c3cc4ccccc4nc3c3ccccc3n21. The molecule has 3 heterocycles. The molecule has 5 aromatic carbocycles. The third kappa shape index (κ3) is 3.26. The fourth-order valence-electron chi connectivity index (χ4n) is 5.83. The molecule has 0 unspecified atom stereocenters. The van der Waals surface area contributed by atoms with Gasteiger partial charge in [0.2, 0.25) is 0 Å². The first kappa shape index (κ1) is 22.6. The summed E-state index contributed by atoms with van der Waals surface area (Å²) in [4.78, 5) is 10.5. The molecule has 8 rings (SSSR count). The normalized spacial score (nSPS) is 12.2. The Morgan fingerprint density at radius 1 is 0.538 bits per heavy atom. The van der Waals surface area contributed by atoms with Gasteiger partial charge in [0.05, 0.1) is 27.6 Å². The predicted molar refractivity (Wildman–Crippen MR) is 169 cm³/mol. The summed E-state index contributed by atoms with van der Waals surface area (Å²) in [5.74, 6) is 0. The fourth-order valence-corrected chi connectivity index (χ4v) is 9.80. The van der Waals surface area contributed by atoms with Crippen LogP contribution in [0, 0.1) is 0 Å². The standard InChI is InChI=1S/C34H22N3PS/c39-38(24-13-3-1-4-14-24,25-15-5-2-6-16-25)31-21-11-20-30-33(31)36-34-27-22-23-12-7-9-18-28(23)35-32(27)26-17-8-10-19-29(26)37(30)34/h1-22H. The molecule has 0 amide bonds. The first-order valence-electron chi connectivity index (χ1n) is 13.0. The van der Waals surface area contributed by atoms with Crippen LogP contribution in [0.5, 0.6) is 0 Å². The maximum atomic E-state index is 6.74. The molecule has 0 N–H and O–H groups in total. The summed E-state index contributed by atoms with van der Waals surface area (Å²) in [6, 6.07) is 44.2. The van der Waals surface area contributed by atoms with E-state index in [1.54, 1.807) is 0 Å². The number of pyridine rings is 2. The van der Waals surface area contributed by atoms with Gasteiger partial charge in [-0.25, -0.2) is 9.97 Å². The summed E-state index contributed by atoms with van der Waals surface area (Å²) in [6.07, 6.45) is 0. The number of nitrogens with zero attached hydrogens (tertiary/aromatic N) is 3. The van der Waals surface area contributed by atoms with Gasteiger partial charge in [-0.05, 0) is 34.9 Å². The fraction of sp³-hybridized carbons (Fsp3) is 0. The van der Waals surface area contributed by atoms with Gasteiger partial charge in [0.15, 0.2) is 0 Å². The summed E-state index contributed by atoms with van der Waals surface area (Å²) in [5.41, 5.74) is 5.98. The lowest BCUT2D eigenvalue weighted by Crippen LogP contribution is -2.25. The number of aromatic nitrogens is 3. The van der Waals surface area contributed by atoms with Crippen molar-refractivity contribution in [2.24, 2.45) is 0 Å². The topological polar surface area (TPSA) is 30.2 Å². The number of hydrogen-bond acceptors (Lipinski definition) is 3. The Balaban J connectivity index is 1.57. The van der Waals surface area contributed by atoms with Crippen LogP contribution in [0.3, 0.4) is 0 Å². The lowest BCUT2D eigenvalue weighted by atomic mass is 10.1. The molecule has 0 aliphatic carbocycles. The Kier molecular flexibility index (Phi) is 4.97. The number of rotatable bonds is 3. The van der Waals surface area contributed by atoms with Gasteiger partial charge in [0, 0.05) is 27.5 Å². The summed E-state index contributed by atoms with van der Waals surface area (Å²) in [6.45, 7) is 0. The number of hydrogen-bond donors (Lipinski definition) is 0. The Morgan fingerprint density at radius 2 is 1.18 bits per heavy atom. The van der Waals surface area contributed by atoms with E-state index in [0.29, 0.717) is 0 Å². The molecule has 0 atom stereocenters.